The third-order valence-electron chi connectivity index (χ3n) is 8.14. The molecule has 1 fully saturated rings. The summed E-state index contributed by atoms with van der Waals surface area (Å²) in [5, 5.41) is 14.0. The van der Waals surface area contributed by atoms with Crippen molar-refractivity contribution in [3.05, 3.63) is 123 Å². The van der Waals surface area contributed by atoms with E-state index in [9.17, 15) is 4.79 Å². The maximum Gasteiger partial charge on any atom is 0.253 e. The van der Waals surface area contributed by atoms with Crippen LogP contribution in [-0.4, -0.2) is 43.2 Å². The van der Waals surface area contributed by atoms with Crippen molar-refractivity contribution >= 4 is 10.9 Å². The zero-order valence-electron chi connectivity index (χ0n) is 22.5. The van der Waals surface area contributed by atoms with Gasteiger partial charge in [0, 0.05) is 11.1 Å². The van der Waals surface area contributed by atoms with Gasteiger partial charge in [-0.25, -0.2) is 4.68 Å². The number of nitrogens with zero attached hydrogens (tertiary/aromatic N) is 5. The summed E-state index contributed by atoms with van der Waals surface area (Å²) < 4.78 is 1.85. The minimum absolute atomic E-state index is 0.0866. The molecule has 0 bridgehead atoms. The summed E-state index contributed by atoms with van der Waals surface area (Å²) in [6.07, 6.45) is 3.21. The van der Waals surface area contributed by atoms with E-state index < -0.39 is 0 Å². The van der Waals surface area contributed by atoms with Gasteiger partial charge in [-0.3, -0.25) is 9.69 Å². The van der Waals surface area contributed by atoms with Crippen LogP contribution in [0.4, 0.5) is 0 Å². The Bertz CT molecular complexity index is 1620. The molecule has 7 nitrogen and oxygen atoms in total. The van der Waals surface area contributed by atoms with Gasteiger partial charge in [-0.2, -0.15) is 0 Å². The van der Waals surface area contributed by atoms with E-state index in [2.05, 4.69) is 93.9 Å². The minimum atomic E-state index is -0.337. The topological polar surface area (TPSA) is 79.7 Å². The molecule has 1 atom stereocenters. The lowest BCUT2D eigenvalue weighted by molar-refractivity contribution is 0.143. The first kappa shape index (κ1) is 25.2. The molecule has 0 amide bonds. The van der Waals surface area contributed by atoms with Crippen molar-refractivity contribution in [2.75, 3.05) is 13.1 Å². The van der Waals surface area contributed by atoms with E-state index >= 15 is 0 Å². The smallest absolute Gasteiger partial charge is 0.253 e. The van der Waals surface area contributed by atoms with Crippen molar-refractivity contribution in [3.63, 3.8) is 0 Å². The zero-order valence-corrected chi connectivity index (χ0v) is 22.5. The molecular weight excluding hydrogens is 484 g/mol. The fourth-order valence-corrected chi connectivity index (χ4v) is 5.83. The highest BCUT2D eigenvalue weighted by atomic mass is 16.1. The summed E-state index contributed by atoms with van der Waals surface area (Å²) in [4.78, 5) is 19.2. The lowest BCUT2D eigenvalue weighted by Gasteiger charge is -2.37. The lowest BCUT2D eigenvalue weighted by Crippen LogP contribution is -2.41. The first-order valence-corrected chi connectivity index (χ1v) is 13.8. The van der Waals surface area contributed by atoms with Crippen LogP contribution in [0, 0.1) is 19.8 Å². The number of hydrogen-bond donors (Lipinski definition) is 1. The molecule has 1 aliphatic heterocycles. The molecule has 0 aliphatic carbocycles. The Kier molecular flexibility index (Phi) is 7.07. The number of H-pyrrole nitrogens is 1. The van der Waals surface area contributed by atoms with Gasteiger partial charge >= 0.3 is 0 Å². The van der Waals surface area contributed by atoms with Gasteiger partial charge in [0.05, 0.1) is 6.54 Å². The van der Waals surface area contributed by atoms with Crippen LogP contribution in [0.2, 0.25) is 0 Å². The molecule has 0 saturated carbocycles. The Hall–Kier alpha value is -4.10. The first-order valence-electron chi connectivity index (χ1n) is 13.8. The van der Waals surface area contributed by atoms with E-state index in [0.717, 1.165) is 54.4 Å². The van der Waals surface area contributed by atoms with Gasteiger partial charge in [0.25, 0.3) is 5.56 Å². The summed E-state index contributed by atoms with van der Waals surface area (Å²) in [5.74, 6) is 1.32. The highest BCUT2D eigenvalue weighted by molar-refractivity contribution is 5.81. The van der Waals surface area contributed by atoms with Crippen molar-refractivity contribution in [3.8, 4) is 0 Å². The Morgan fingerprint density at radius 3 is 2.28 bits per heavy atom. The molecule has 2 aromatic heterocycles. The van der Waals surface area contributed by atoms with E-state index in [1.165, 1.54) is 11.1 Å². The second-order valence-electron chi connectivity index (χ2n) is 10.8. The normalized spacial score (nSPS) is 15.5. The van der Waals surface area contributed by atoms with E-state index in [-0.39, 0.29) is 11.6 Å². The van der Waals surface area contributed by atoms with E-state index in [1.54, 1.807) is 0 Å². The predicted molar refractivity (Wildman–Crippen MR) is 154 cm³/mol. The number of nitrogens with one attached hydrogen (secondary N) is 1. The maximum atomic E-state index is 13.6. The maximum absolute atomic E-state index is 13.6. The number of tetrazole rings is 1. The number of piperidine rings is 1. The number of hydrogen-bond acceptors (Lipinski definition) is 5. The lowest BCUT2D eigenvalue weighted by atomic mass is 9.89. The van der Waals surface area contributed by atoms with Crippen LogP contribution >= 0.6 is 0 Å². The zero-order chi connectivity index (χ0) is 26.8. The van der Waals surface area contributed by atoms with Gasteiger partial charge in [0.1, 0.15) is 6.04 Å². The number of pyridine rings is 1. The number of rotatable bonds is 7. The number of likely N-dealkylation sites (tertiary alicyclic amines) is 1. The molecule has 7 heteroatoms. The highest BCUT2D eigenvalue weighted by Crippen LogP contribution is 2.32. The average molecular weight is 519 g/mol. The molecule has 3 aromatic carbocycles. The molecule has 0 spiro atoms. The molecule has 0 radical (unpaired) electrons. The molecule has 1 aliphatic rings. The predicted octanol–water partition coefficient (Wildman–Crippen LogP) is 5.22. The average Bonchev–Trinajstić information content (AvgIpc) is 3.40. The largest absolute Gasteiger partial charge is 0.322 e. The van der Waals surface area contributed by atoms with Gasteiger partial charge in [-0.15, -0.1) is 5.10 Å². The van der Waals surface area contributed by atoms with Crippen molar-refractivity contribution < 1.29 is 0 Å². The van der Waals surface area contributed by atoms with Crippen LogP contribution in [0.25, 0.3) is 10.9 Å². The first-order chi connectivity index (χ1) is 19.0. The van der Waals surface area contributed by atoms with Crippen LogP contribution in [0.5, 0.6) is 0 Å². The second-order valence-corrected chi connectivity index (χ2v) is 10.8. The molecule has 3 heterocycles. The quantitative estimate of drug-likeness (QED) is 0.319. The number of aromatic nitrogens is 5. The van der Waals surface area contributed by atoms with Gasteiger partial charge in [0.2, 0.25) is 0 Å². The molecular formula is C32H34N6O. The van der Waals surface area contributed by atoms with Crippen LogP contribution in [0.3, 0.4) is 0 Å². The summed E-state index contributed by atoms with van der Waals surface area (Å²) >= 11 is 0. The molecule has 1 N–H and O–H groups in total. The van der Waals surface area contributed by atoms with Crippen molar-refractivity contribution in [1.82, 2.24) is 30.1 Å². The Morgan fingerprint density at radius 2 is 1.56 bits per heavy atom. The Morgan fingerprint density at radius 1 is 0.897 bits per heavy atom. The van der Waals surface area contributed by atoms with E-state index in [0.29, 0.717) is 23.9 Å². The molecule has 39 heavy (non-hydrogen) atoms. The molecule has 0 unspecified atom stereocenters. The van der Waals surface area contributed by atoms with Gasteiger partial charge in [-0.05, 0) is 108 Å². The van der Waals surface area contributed by atoms with E-state index in [4.69, 9.17) is 0 Å². The number of aromatic amines is 1. The van der Waals surface area contributed by atoms with Gasteiger partial charge in [0.15, 0.2) is 5.82 Å². The molecule has 5 aromatic rings. The summed E-state index contributed by atoms with van der Waals surface area (Å²) in [5.41, 5.74) is 6.33. The molecule has 6 rings (SSSR count). The Labute approximate surface area is 228 Å². The van der Waals surface area contributed by atoms with E-state index in [1.807, 2.05) is 28.9 Å². The van der Waals surface area contributed by atoms with Crippen molar-refractivity contribution in [2.24, 2.45) is 5.92 Å². The van der Waals surface area contributed by atoms with Gasteiger partial charge < -0.3 is 4.98 Å². The fourth-order valence-electron chi connectivity index (χ4n) is 5.83. The van der Waals surface area contributed by atoms with Crippen LogP contribution < -0.4 is 5.56 Å². The van der Waals surface area contributed by atoms with Crippen molar-refractivity contribution in [2.45, 2.75) is 45.7 Å². The monoisotopic (exact) mass is 518 g/mol. The number of benzene rings is 3. The summed E-state index contributed by atoms with van der Waals surface area (Å²) in [7, 11) is 0. The standard InChI is InChI=1S/C32H34N6O/c1-22-17-27-20-28(32(39)33-29(27)18-23(22)2)30(31-34-35-36-38(31)21-26-11-7-4-8-12-26)37-15-13-25(14-16-37)19-24-9-5-3-6-10-24/h3-12,17-18,20,25,30H,13-16,19,21H2,1-2H3,(H,33,39)/t30-/m0/s1. The third-order valence-corrected chi connectivity index (χ3v) is 8.14. The Balaban J connectivity index is 1.36. The number of fused-ring (bicyclic) bond motifs is 1. The molecule has 1 saturated heterocycles. The fraction of sp³-hybridized carbons (Fsp3) is 0.312. The highest BCUT2D eigenvalue weighted by Gasteiger charge is 2.33. The summed E-state index contributed by atoms with van der Waals surface area (Å²) in [6, 6.07) is 26.8. The van der Waals surface area contributed by atoms with Crippen LogP contribution in [-0.2, 0) is 13.0 Å². The third kappa shape index (κ3) is 5.40. The van der Waals surface area contributed by atoms with Gasteiger partial charge in [-0.1, -0.05) is 60.7 Å². The molecule has 198 valence electrons. The van der Waals surface area contributed by atoms with Crippen LogP contribution in [0.1, 0.15) is 52.5 Å². The SMILES string of the molecule is Cc1cc2cc([C@@H](c3nnnn3Cc3ccccc3)N3CCC(Cc4ccccc4)CC3)c(=O)[nH]c2cc1C. The summed E-state index contributed by atoms with van der Waals surface area (Å²) in [6.45, 7) is 6.49. The van der Waals surface area contributed by atoms with Crippen LogP contribution in [0.15, 0.2) is 83.7 Å². The second kappa shape index (κ2) is 10.9. The number of aryl methyl sites for hydroxylation is 2. The van der Waals surface area contributed by atoms with Crippen molar-refractivity contribution in [1.29, 1.82) is 0 Å². The minimum Gasteiger partial charge on any atom is -0.322 e.